The molecule has 0 saturated carbocycles. The molecular formula is C14H20N2O4S. The molecule has 0 aliphatic carbocycles. The van der Waals surface area contributed by atoms with Gasteiger partial charge in [0.25, 0.3) is 5.72 Å². The number of hydrazine groups is 1. The number of carboxylic acid groups (broad SMARTS) is 1. The van der Waals surface area contributed by atoms with Gasteiger partial charge < -0.3 is 9.84 Å². The molecule has 0 heterocycles. The van der Waals surface area contributed by atoms with Gasteiger partial charge in [-0.2, -0.15) is 12.6 Å². The van der Waals surface area contributed by atoms with Gasteiger partial charge in [-0.05, 0) is 12.5 Å². The molecule has 1 unspecified atom stereocenters. The van der Waals surface area contributed by atoms with Gasteiger partial charge in [-0.1, -0.05) is 30.3 Å². The largest absolute Gasteiger partial charge is 0.478 e. The number of hydrogen-bond acceptors (Lipinski definition) is 5. The number of benzene rings is 1. The smallest absolute Gasteiger partial charge is 0.358 e. The van der Waals surface area contributed by atoms with Crippen molar-refractivity contribution in [2.24, 2.45) is 0 Å². The summed E-state index contributed by atoms with van der Waals surface area (Å²) in [4.78, 5) is 23.6. The number of thiol groups is 1. The first-order valence-corrected chi connectivity index (χ1v) is 6.98. The van der Waals surface area contributed by atoms with E-state index in [1.165, 1.54) is 11.9 Å². The summed E-state index contributed by atoms with van der Waals surface area (Å²) in [5.41, 5.74) is -0.985. The molecular weight excluding hydrogens is 292 g/mol. The molecule has 1 atom stereocenters. The van der Waals surface area contributed by atoms with Crippen molar-refractivity contribution < 1.29 is 19.4 Å². The Hall–Kier alpha value is -1.57. The van der Waals surface area contributed by atoms with E-state index < -0.39 is 17.6 Å². The lowest BCUT2D eigenvalue weighted by Crippen LogP contribution is -2.62. The molecule has 1 aromatic carbocycles. The second kappa shape index (κ2) is 7.44. The zero-order chi connectivity index (χ0) is 16.0. The number of ether oxygens (including phenoxy) is 1. The molecule has 0 radical (unpaired) electrons. The molecule has 0 spiro atoms. The number of carbonyl (C=O) groups excluding carboxylic acids is 1. The molecule has 1 aromatic rings. The molecule has 116 valence electrons. The summed E-state index contributed by atoms with van der Waals surface area (Å²) in [6.07, 6.45) is 0. The highest BCUT2D eigenvalue weighted by atomic mass is 32.1. The summed E-state index contributed by atoms with van der Waals surface area (Å²) in [6.45, 7) is 1.42. The van der Waals surface area contributed by atoms with Crippen LogP contribution in [0, 0.1) is 0 Å². The third-order valence-corrected chi connectivity index (χ3v) is 3.21. The van der Waals surface area contributed by atoms with Crippen LogP contribution in [-0.4, -0.2) is 52.6 Å². The maximum Gasteiger partial charge on any atom is 0.358 e. The van der Waals surface area contributed by atoms with Crippen molar-refractivity contribution in [2.45, 2.75) is 19.3 Å². The van der Waals surface area contributed by atoms with Crippen molar-refractivity contribution in [1.82, 2.24) is 10.0 Å². The molecule has 0 aromatic heterocycles. The van der Waals surface area contributed by atoms with Crippen LogP contribution in [-0.2, 0) is 20.9 Å². The molecule has 0 saturated heterocycles. The van der Waals surface area contributed by atoms with Crippen LogP contribution in [0.5, 0.6) is 0 Å². The Bertz CT molecular complexity index is 495. The number of amides is 1. The molecule has 1 rings (SSSR count). The number of carboxylic acids is 1. The van der Waals surface area contributed by atoms with Crippen LogP contribution in [0.25, 0.3) is 0 Å². The molecule has 0 aliphatic heterocycles. The van der Waals surface area contributed by atoms with E-state index in [-0.39, 0.29) is 12.4 Å². The predicted octanol–water partition coefficient (Wildman–Crippen LogP) is 1.24. The maximum absolute atomic E-state index is 12.0. The molecule has 0 bridgehead atoms. The normalized spacial score (nSPS) is 13.8. The highest BCUT2D eigenvalue weighted by molar-refractivity contribution is 7.81. The van der Waals surface area contributed by atoms with Gasteiger partial charge in [-0.15, -0.1) is 0 Å². The number of rotatable bonds is 7. The number of nitrogens with zero attached hydrogens (tertiary/aromatic N) is 2. The third-order valence-electron chi connectivity index (χ3n) is 2.94. The first kappa shape index (κ1) is 17.5. The van der Waals surface area contributed by atoms with Crippen LogP contribution in [0.3, 0.4) is 0 Å². The van der Waals surface area contributed by atoms with Gasteiger partial charge in [0.15, 0.2) is 0 Å². The van der Waals surface area contributed by atoms with Crippen LogP contribution in [0.15, 0.2) is 30.3 Å². The van der Waals surface area contributed by atoms with E-state index in [0.717, 1.165) is 10.6 Å². The molecule has 1 N–H and O–H groups in total. The fourth-order valence-electron chi connectivity index (χ4n) is 1.92. The second-order valence-corrected chi connectivity index (χ2v) is 5.09. The van der Waals surface area contributed by atoms with Crippen LogP contribution in [0.1, 0.15) is 12.5 Å². The summed E-state index contributed by atoms with van der Waals surface area (Å²) >= 11 is 3.92. The molecule has 6 nitrogen and oxygen atoms in total. The Morgan fingerprint density at radius 3 is 2.29 bits per heavy atom. The van der Waals surface area contributed by atoms with Crippen LogP contribution >= 0.6 is 12.6 Å². The van der Waals surface area contributed by atoms with E-state index in [2.05, 4.69) is 12.6 Å². The van der Waals surface area contributed by atoms with E-state index >= 15 is 0 Å². The summed E-state index contributed by atoms with van der Waals surface area (Å²) in [7, 11) is 3.16. The van der Waals surface area contributed by atoms with Crippen molar-refractivity contribution >= 4 is 24.5 Å². The van der Waals surface area contributed by atoms with Gasteiger partial charge in [0.05, 0.1) is 12.4 Å². The SMILES string of the molecule is CN(C)N(C(=O)CS)C(C)(OCc1ccccc1)C(=O)O. The molecule has 0 fully saturated rings. The number of carbonyl (C=O) groups is 2. The fraction of sp³-hybridized carbons (Fsp3) is 0.429. The molecule has 7 heteroatoms. The van der Waals surface area contributed by atoms with Crippen molar-refractivity contribution in [2.75, 3.05) is 19.8 Å². The Morgan fingerprint density at radius 1 is 1.29 bits per heavy atom. The topological polar surface area (TPSA) is 70.1 Å². The lowest BCUT2D eigenvalue weighted by Gasteiger charge is -2.40. The first-order chi connectivity index (χ1) is 9.82. The van der Waals surface area contributed by atoms with Crippen LogP contribution in [0.4, 0.5) is 0 Å². The standard InChI is InChI=1S/C14H20N2O4S/c1-14(13(18)19,16(15(2)3)12(17)10-21)20-9-11-7-5-4-6-8-11/h4-8,21H,9-10H2,1-3H3,(H,18,19). The average Bonchev–Trinajstić information content (AvgIpc) is 2.45. The van der Waals surface area contributed by atoms with E-state index in [1.54, 1.807) is 14.1 Å². The summed E-state index contributed by atoms with van der Waals surface area (Å²) < 4.78 is 5.55. The van der Waals surface area contributed by atoms with Crippen molar-refractivity contribution in [3.05, 3.63) is 35.9 Å². The highest BCUT2D eigenvalue weighted by Gasteiger charge is 2.45. The van der Waals surface area contributed by atoms with Crippen molar-refractivity contribution in [3.63, 3.8) is 0 Å². The number of hydrogen-bond donors (Lipinski definition) is 2. The van der Waals surface area contributed by atoms with Gasteiger partial charge in [-0.25, -0.2) is 14.8 Å². The highest BCUT2D eigenvalue weighted by Crippen LogP contribution is 2.21. The summed E-state index contributed by atoms with van der Waals surface area (Å²) in [5.74, 6) is -1.82. The van der Waals surface area contributed by atoms with Gasteiger partial charge in [-0.3, -0.25) is 4.79 Å². The lowest BCUT2D eigenvalue weighted by atomic mass is 10.2. The van der Waals surface area contributed by atoms with E-state index in [9.17, 15) is 14.7 Å². The Morgan fingerprint density at radius 2 is 1.86 bits per heavy atom. The van der Waals surface area contributed by atoms with Crippen molar-refractivity contribution in [1.29, 1.82) is 0 Å². The summed E-state index contributed by atoms with van der Waals surface area (Å²) in [6, 6.07) is 9.17. The van der Waals surface area contributed by atoms with Gasteiger partial charge in [0.1, 0.15) is 0 Å². The molecule has 1 amide bonds. The monoisotopic (exact) mass is 312 g/mol. The van der Waals surface area contributed by atoms with E-state index in [4.69, 9.17) is 4.74 Å². The fourth-order valence-corrected chi connectivity index (χ4v) is 2.06. The van der Waals surface area contributed by atoms with Gasteiger partial charge >= 0.3 is 5.97 Å². The number of aliphatic carboxylic acids is 1. The minimum absolute atomic E-state index is 0.0772. The lowest BCUT2D eigenvalue weighted by molar-refractivity contribution is -0.230. The minimum Gasteiger partial charge on any atom is -0.478 e. The quantitative estimate of drug-likeness (QED) is 0.450. The third kappa shape index (κ3) is 4.20. The van der Waals surface area contributed by atoms with Gasteiger partial charge in [0.2, 0.25) is 5.91 Å². The maximum atomic E-state index is 12.0. The van der Waals surface area contributed by atoms with Gasteiger partial charge in [0, 0.05) is 14.1 Å². The summed E-state index contributed by atoms with van der Waals surface area (Å²) in [5, 5.41) is 11.9. The Balaban J connectivity index is 3.00. The molecule has 0 aliphatic rings. The Labute approximate surface area is 129 Å². The van der Waals surface area contributed by atoms with E-state index in [1.807, 2.05) is 30.3 Å². The average molecular weight is 312 g/mol. The first-order valence-electron chi connectivity index (χ1n) is 6.35. The van der Waals surface area contributed by atoms with Crippen LogP contribution in [0.2, 0.25) is 0 Å². The minimum atomic E-state index is -1.81. The zero-order valence-corrected chi connectivity index (χ0v) is 13.2. The van der Waals surface area contributed by atoms with E-state index in [0.29, 0.717) is 0 Å². The predicted molar refractivity (Wildman–Crippen MR) is 81.7 cm³/mol. The Kier molecular flexibility index (Phi) is 6.19. The second-order valence-electron chi connectivity index (χ2n) is 4.77. The van der Waals surface area contributed by atoms with Crippen LogP contribution < -0.4 is 0 Å². The van der Waals surface area contributed by atoms with Crippen molar-refractivity contribution in [3.8, 4) is 0 Å². The zero-order valence-electron chi connectivity index (χ0n) is 12.3. The molecule has 21 heavy (non-hydrogen) atoms.